The van der Waals surface area contributed by atoms with Crippen molar-refractivity contribution in [1.29, 1.82) is 0 Å². The number of phenols is 1. The minimum absolute atomic E-state index is 0.277. The van der Waals surface area contributed by atoms with Crippen LogP contribution in [-0.4, -0.2) is 16.2 Å². The Morgan fingerprint density at radius 3 is 2.23 bits per heavy atom. The van der Waals surface area contributed by atoms with Gasteiger partial charge in [-0.3, -0.25) is 15.1 Å². The predicted octanol–water partition coefficient (Wildman–Crippen LogP) is 5.15. The van der Waals surface area contributed by atoms with Crippen molar-refractivity contribution in [1.82, 2.24) is 0 Å². The number of phenolic OH excluding ortho intramolecular Hbond substituents is 1. The minimum atomic E-state index is -0.635. The fourth-order valence-corrected chi connectivity index (χ4v) is 2.29. The highest BCUT2D eigenvalue weighted by atomic mass is 16.6. The van der Waals surface area contributed by atoms with E-state index in [1.165, 1.54) is 18.3 Å². The third-order valence-corrected chi connectivity index (χ3v) is 3.69. The number of aromatic hydroxyl groups is 1. The molecule has 130 valence electrons. The summed E-state index contributed by atoms with van der Waals surface area (Å²) in [6.45, 7) is 2.01. The van der Waals surface area contributed by atoms with E-state index in [-0.39, 0.29) is 11.3 Å². The van der Waals surface area contributed by atoms with E-state index in [4.69, 9.17) is 4.74 Å². The van der Waals surface area contributed by atoms with E-state index in [9.17, 15) is 15.2 Å². The number of hydrogen-bond acceptors (Lipinski definition) is 5. The molecule has 0 atom stereocenters. The fraction of sp³-hybridized carbons (Fsp3) is 0.0500. The fourth-order valence-electron chi connectivity index (χ4n) is 2.29. The highest BCUT2D eigenvalue weighted by Crippen LogP contribution is 2.29. The maximum absolute atomic E-state index is 10.8. The molecule has 0 aliphatic rings. The van der Waals surface area contributed by atoms with Crippen LogP contribution < -0.4 is 4.74 Å². The lowest BCUT2D eigenvalue weighted by Gasteiger charge is -2.06. The minimum Gasteiger partial charge on any atom is -0.502 e. The third kappa shape index (κ3) is 4.05. The van der Waals surface area contributed by atoms with Crippen molar-refractivity contribution in [3.05, 3.63) is 88.0 Å². The normalized spacial score (nSPS) is 10.8. The van der Waals surface area contributed by atoms with Crippen molar-refractivity contribution in [2.75, 3.05) is 0 Å². The number of nitrogens with zero attached hydrogens (tertiary/aromatic N) is 2. The second-order valence-corrected chi connectivity index (χ2v) is 5.64. The molecule has 0 spiro atoms. The zero-order chi connectivity index (χ0) is 18.5. The van der Waals surface area contributed by atoms with Crippen molar-refractivity contribution in [3.63, 3.8) is 0 Å². The van der Waals surface area contributed by atoms with Gasteiger partial charge in [-0.25, -0.2) is 0 Å². The summed E-state index contributed by atoms with van der Waals surface area (Å²) in [6, 6.07) is 19.1. The maximum Gasteiger partial charge on any atom is 0.311 e. The Morgan fingerprint density at radius 1 is 1.00 bits per heavy atom. The molecule has 0 aromatic heterocycles. The Morgan fingerprint density at radius 2 is 1.62 bits per heavy atom. The van der Waals surface area contributed by atoms with Gasteiger partial charge in [0.1, 0.15) is 11.5 Å². The Hall–Kier alpha value is -3.67. The van der Waals surface area contributed by atoms with Gasteiger partial charge in [0.15, 0.2) is 0 Å². The number of rotatable bonds is 5. The summed E-state index contributed by atoms with van der Waals surface area (Å²) >= 11 is 0. The van der Waals surface area contributed by atoms with Gasteiger partial charge in [-0.05, 0) is 49.4 Å². The van der Waals surface area contributed by atoms with Crippen LogP contribution >= 0.6 is 0 Å². The zero-order valence-corrected chi connectivity index (χ0v) is 14.0. The first kappa shape index (κ1) is 17.2. The molecule has 26 heavy (non-hydrogen) atoms. The van der Waals surface area contributed by atoms with E-state index in [0.29, 0.717) is 11.4 Å². The van der Waals surface area contributed by atoms with Gasteiger partial charge in [-0.15, -0.1) is 0 Å². The second-order valence-electron chi connectivity index (χ2n) is 5.64. The van der Waals surface area contributed by atoms with Gasteiger partial charge in [-0.2, -0.15) is 0 Å². The topological polar surface area (TPSA) is 85.0 Å². The largest absolute Gasteiger partial charge is 0.502 e. The number of ether oxygens (including phenoxy) is 1. The molecule has 0 aliphatic carbocycles. The van der Waals surface area contributed by atoms with E-state index in [1.54, 1.807) is 30.3 Å². The van der Waals surface area contributed by atoms with E-state index in [2.05, 4.69) is 4.99 Å². The average Bonchev–Trinajstić information content (AvgIpc) is 2.64. The lowest BCUT2D eigenvalue weighted by atomic mass is 10.2. The highest BCUT2D eigenvalue weighted by molar-refractivity contribution is 5.87. The number of benzene rings is 3. The van der Waals surface area contributed by atoms with Gasteiger partial charge in [0.05, 0.1) is 10.6 Å². The number of nitro groups is 1. The van der Waals surface area contributed by atoms with Crippen LogP contribution in [0.15, 0.2) is 71.7 Å². The maximum atomic E-state index is 10.8. The Labute approximate surface area is 150 Å². The lowest BCUT2D eigenvalue weighted by molar-refractivity contribution is -0.385. The summed E-state index contributed by atoms with van der Waals surface area (Å²) in [7, 11) is 0. The SMILES string of the molecule is Cc1ccc(Oc2ccc(N=Cc3cccc([N+](=O)[O-])c3O)cc2)cc1. The molecule has 3 aromatic carbocycles. The summed E-state index contributed by atoms with van der Waals surface area (Å²) in [5.74, 6) is 1.01. The lowest BCUT2D eigenvalue weighted by Crippen LogP contribution is -1.91. The number of aliphatic imine (C=N–C) groups is 1. The smallest absolute Gasteiger partial charge is 0.311 e. The monoisotopic (exact) mass is 348 g/mol. The molecule has 0 heterocycles. The molecule has 1 N–H and O–H groups in total. The van der Waals surface area contributed by atoms with Gasteiger partial charge >= 0.3 is 5.69 Å². The van der Waals surface area contributed by atoms with Gasteiger partial charge in [0.2, 0.25) is 5.75 Å². The summed E-state index contributed by atoms with van der Waals surface area (Å²) < 4.78 is 5.75. The first-order valence-corrected chi connectivity index (χ1v) is 7.88. The molecule has 0 bridgehead atoms. The summed E-state index contributed by atoms with van der Waals surface area (Å²) in [5.41, 5.74) is 1.72. The van der Waals surface area contributed by atoms with Crippen LogP contribution in [0.5, 0.6) is 17.2 Å². The van der Waals surface area contributed by atoms with Crippen molar-refractivity contribution < 1.29 is 14.8 Å². The van der Waals surface area contributed by atoms with Crippen molar-refractivity contribution >= 4 is 17.6 Å². The molecule has 0 radical (unpaired) electrons. The van der Waals surface area contributed by atoms with Crippen LogP contribution in [0.2, 0.25) is 0 Å². The van der Waals surface area contributed by atoms with Gasteiger partial charge in [0, 0.05) is 17.8 Å². The number of nitro benzene ring substituents is 1. The molecule has 0 fully saturated rings. The molecule has 0 saturated heterocycles. The Bertz CT molecular complexity index is 949. The summed E-state index contributed by atoms with van der Waals surface area (Å²) in [4.78, 5) is 14.4. The third-order valence-electron chi connectivity index (χ3n) is 3.69. The van der Waals surface area contributed by atoms with Crippen LogP contribution in [0, 0.1) is 17.0 Å². The molecule has 0 aliphatic heterocycles. The Kier molecular flexibility index (Phi) is 4.94. The van der Waals surface area contributed by atoms with Crippen LogP contribution in [-0.2, 0) is 0 Å². The zero-order valence-electron chi connectivity index (χ0n) is 14.0. The van der Waals surface area contributed by atoms with E-state index in [0.717, 1.165) is 11.3 Å². The predicted molar refractivity (Wildman–Crippen MR) is 99.7 cm³/mol. The van der Waals surface area contributed by atoms with Gasteiger partial charge in [0.25, 0.3) is 0 Å². The Balaban J connectivity index is 1.73. The summed E-state index contributed by atoms with van der Waals surface area (Å²) in [5, 5.41) is 20.8. The standard InChI is InChI=1S/C20H16N2O4/c1-14-5-9-17(10-6-14)26-18-11-7-16(8-12-18)21-13-15-3-2-4-19(20(15)23)22(24)25/h2-13,23H,1H3. The quantitative estimate of drug-likeness (QED) is 0.392. The van der Waals surface area contributed by atoms with Gasteiger partial charge < -0.3 is 9.84 Å². The molecule has 3 rings (SSSR count). The number of para-hydroxylation sites is 1. The molecule has 0 amide bonds. The second kappa shape index (κ2) is 7.48. The average molecular weight is 348 g/mol. The molecule has 0 saturated carbocycles. The molecule has 6 heteroatoms. The highest BCUT2D eigenvalue weighted by Gasteiger charge is 2.14. The summed E-state index contributed by atoms with van der Waals surface area (Å²) in [6.07, 6.45) is 1.39. The van der Waals surface area contributed by atoms with Crippen LogP contribution in [0.4, 0.5) is 11.4 Å². The van der Waals surface area contributed by atoms with E-state index < -0.39 is 10.7 Å². The molecular weight excluding hydrogens is 332 g/mol. The van der Waals surface area contributed by atoms with Gasteiger partial charge in [-0.1, -0.05) is 23.8 Å². The first-order chi connectivity index (χ1) is 12.5. The van der Waals surface area contributed by atoms with Crippen molar-refractivity contribution in [2.45, 2.75) is 6.92 Å². The molecule has 6 nitrogen and oxygen atoms in total. The number of aryl methyl sites for hydroxylation is 1. The van der Waals surface area contributed by atoms with Crippen molar-refractivity contribution in [3.8, 4) is 17.2 Å². The molecule has 3 aromatic rings. The first-order valence-electron chi connectivity index (χ1n) is 7.88. The number of hydrogen-bond donors (Lipinski definition) is 1. The van der Waals surface area contributed by atoms with Crippen LogP contribution in [0.3, 0.4) is 0 Å². The van der Waals surface area contributed by atoms with E-state index >= 15 is 0 Å². The molecular formula is C20H16N2O4. The van der Waals surface area contributed by atoms with Crippen LogP contribution in [0.1, 0.15) is 11.1 Å². The van der Waals surface area contributed by atoms with Crippen LogP contribution in [0.25, 0.3) is 0 Å². The van der Waals surface area contributed by atoms with E-state index in [1.807, 2.05) is 31.2 Å². The molecule has 0 unspecified atom stereocenters. The van der Waals surface area contributed by atoms with Crippen molar-refractivity contribution in [2.24, 2.45) is 4.99 Å².